The van der Waals surface area contributed by atoms with Gasteiger partial charge in [0.25, 0.3) is 0 Å². The fourth-order valence-corrected chi connectivity index (χ4v) is 2.81. The van der Waals surface area contributed by atoms with E-state index in [0.717, 1.165) is 4.57 Å². The van der Waals surface area contributed by atoms with Crippen LogP contribution < -0.4 is 0 Å². The number of fused-ring (bicyclic) bond motifs is 2. The van der Waals surface area contributed by atoms with Gasteiger partial charge in [0, 0.05) is 5.39 Å². The van der Waals surface area contributed by atoms with Gasteiger partial charge in [0.05, 0.1) is 17.5 Å². The molecular formula is C18H13F2N3O3. The molecule has 0 radical (unpaired) electrons. The van der Waals surface area contributed by atoms with Crippen LogP contribution in [0.2, 0.25) is 0 Å². The molecule has 2 aromatic heterocycles. The smallest absolute Gasteiger partial charge is 0.320 e. The highest BCUT2D eigenvalue weighted by Crippen LogP contribution is 2.24. The maximum absolute atomic E-state index is 13.4. The molecule has 2 heterocycles. The predicted molar refractivity (Wildman–Crippen MR) is 88.5 cm³/mol. The summed E-state index contributed by atoms with van der Waals surface area (Å²) < 4.78 is 37.7. The Kier molecular flexibility index (Phi) is 4.08. The normalized spacial score (nSPS) is 11.5. The van der Waals surface area contributed by atoms with Crippen LogP contribution in [0.1, 0.15) is 18.1 Å². The highest BCUT2D eigenvalue weighted by atomic mass is 19.3. The van der Waals surface area contributed by atoms with Crippen LogP contribution in [0.4, 0.5) is 8.78 Å². The number of rotatable bonds is 5. The standard InChI is InChI=1S/C18H13F2N3O3/c19-18(20)23-14-7-3-2-6-12(14)21-16(23)10-25-17(24)9-13-11-5-1-4-8-15(11)26-22-13/h1-8,18H,9-10H2. The number of halogens is 2. The number of hydrogen-bond donors (Lipinski definition) is 0. The first-order valence-corrected chi connectivity index (χ1v) is 7.86. The number of carbonyl (C=O) groups excluding carboxylic acids is 1. The van der Waals surface area contributed by atoms with Gasteiger partial charge in [0.2, 0.25) is 0 Å². The van der Waals surface area contributed by atoms with E-state index in [4.69, 9.17) is 9.26 Å². The lowest BCUT2D eigenvalue weighted by molar-refractivity contribution is -0.144. The molecule has 0 aliphatic heterocycles. The van der Waals surface area contributed by atoms with Crippen LogP contribution in [0.25, 0.3) is 22.0 Å². The lowest BCUT2D eigenvalue weighted by Crippen LogP contribution is -2.12. The second kappa shape index (κ2) is 6.55. The van der Waals surface area contributed by atoms with E-state index < -0.39 is 12.5 Å². The molecule has 4 rings (SSSR count). The predicted octanol–water partition coefficient (Wildman–Crippen LogP) is 3.86. The summed E-state index contributed by atoms with van der Waals surface area (Å²) in [5.41, 5.74) is 1.71. The molecule has 0 fully saturated rings. The Labute approximate surface area is 146 Å². The van der Waals surface area contributed by atoms with Gasteiger partial charge in [-0.3, -0.25) is 9.36 Å². The van der Waals surface area contributed by atoms with E-state index >= 15 is 0 Å². The third-order valence-corrected chi connectivity index (χ3v) is 3.99. The van der Waals surface area contributed by atoms with Crippen LogP contribution in [0.15, 0.2) is 53.1 Å². The second-order valence-corrected chi connectivity index (χ2v) is 5.63. The first-order valence-electron chi connectivity index (χ1n) is 7.86. The second-order valence-electron chi connectivity index (χ2n) is 5.63. The number of imidazole rings is 1. The molecule has 0 aliphatic carbocycles. The summed E-state index contributed by atoms with van der Waals surface area (Å²) in [6.07, 6.45) is -0.119. The van der Waals surface area contributed by atoms with Crippen LogP contribution in [-0.4, -0.2) is 20.7 Å². The molecule has 26 heavy (non-hydrogen) atoms. The third-order valence-electron chi connectivity index (χ3n) is 3.99. The maximum Gasteiger partial charge on any atom is 0.320 e. The van der Waals surface area contributed by atoms with E-state index in [-0.39, 0.29) is 24.4 Å². The van der Waals surface area contributed by atoms with E-state index in [0.29, 0.717) is 22.2 Å². The Bertz CT molecular complexity index is 1090. The number of benzene rings is 2. The van der Waals surface area contributed by atoms with Crippen molar-refractivity contribution in [2.75, 3.05) is 0 Å². The molecule has 2 aromatic carbocycles. The number of esters is 1. The van der Waals surface area contributed by atoms with Crippen molar-refractivity contribution in [2.24, 2.45) is 0 Å². The van der Waals surface area contributed by atoms with Gasteiger partial charge < -0.3 is 9.26 Å². The lowest BCUT2D eigenvalue weighted by atomic mass is 10.2. The average Bonchev–Trinajstić information content (AvgIpc) is 3.21. The molecule has 6 nitrogen and oxygen atoms in total. The summed E-state index contributed by atoms with van der Waals surface area (Å²) in [5.74, 6) is -0.614. The summed E-state index contributed by atoms with van der Waals surface area (Å²) in [4.78, 5) is 16.2. The van der Waals surface area contributed by atoms with Crippen molar-refractivity contribution in [2.45, 2.75) is 19.6 Å². The number of para-hydroxylation sites is 3. The van der Waals surface area contributed by atoms with Crippen molar-refractivity contribution >= 4 is 28.0 Å². The summed E-state index contributed by atoms with van der Waals surface area (Å²) >= 11 is 0. The molecule has 0 bridgehead atoms. The van der Waals surface area contributed by atoms with E-state index in [1.807, 2.05) is 0 Å². The molecule has 0 unspecified atom stereocenters. The van der Waals surface area contributed by atoms with E-state index in [2.05, 4.69) is 10.1 Å². The SMILES string of the molecule is O=C(Cc1noc2ccccc12)OCc1nc2ccccc2n1C(F)F. The minimum absolute atomic E-state index is 0.0143. The molecular weight excluding hydrogens is 344 g/mol. The van der Waals surface area contributed by atoms with E-state index in [1.54, 1.807) is 48.5 Å². The highest BCUT2D eigenvalue weighted by Gasteiger charge is 2.19. The van der Waals surface area contributed by atoms with Gasteiger partial charge >= 0.3 is 12.5 Å². The first-order chi connectivity index (χ1) is 12.6. The van der Waals surface area contributed by atoms with Crippen LogP contribution in [0.5, 0.6) is 0 Å². The summed E-state index contributed by atoms with van der Waals surface area (Å²) in [7, 11) is 0. The molecule has 0 amide bonds. The lowest BCUT2D eigenvalue weighted by Gasteiger charge is -2.08. The van der Waals surface area contributed by atoms with Crippen molar-refractivity contribution in [3.05, 3.63) is 60.0 Å². The van der Waals surface area contributed by atoms with Crippen LogP contribution in [0, 0.1) is 0 Å². The number of alkyl halides is 2. The van der Waals surface area contributed by atoms with Gasteiger partial charge in [0.1, 0.15) is 12.3 Å². The Morgan fingerprint density at radius 2 is 1.92 bits per heavy atom. The minimum atomic E-state index is -2.78. The Morgan fingerprint density at radius 3 is 2.77 bits per heavy atom. The van der Waals surface area contributed by atoms with Crippen molar-refractivity contribution in [1.82, 2.24) is 14.7 Å². The van der Waals surface area contributed by atoms with Crippen molar-refractivity contribution in [3.8, 4) is 0 Å². The molecule has 8 heteroatoms. The number of nitrogens with zero attached hydrogens (tertiary/aromatic N) is 3. The van der Waals surface area contributed by atoms with Crippen molar-refractivity contribution < 1.29 is 22.8 Å². The molecule has 132 valence electrons. The maximum atomic E-state index is 13.4. The van der Waals surface area contributed by atoms with Crippen LogP contribution in [-0.2, 0) is 22.6 Å². The number of ether oxygens (including phenoxy) is 1. The van der Waals surface area contributed by atoms with Crippen molar-refractivity contribution in [1.29, 1.82) is 0 Å². The fourth-order valence-electron chi connectivity index (χ4n) is 2.81. The van der Waals surface area contributed by atoms with Crippen molar-refractivity contribution in [3.63, 3.8) is 0 Å². The zero-order valence-electron chi connectivity index (χ0n) is 13.4. The molecule has 0 saturated carbocycles. The average molecular weight is 357 g/mol. The molecule has 0 aliphatic rings. The molecule has 0 spiro atoms. The zero-order chi connectivity index (χ0) is 18.1. The van der Waals surface area contributed by atoms with E-state index in [9.17, 15) is 13.6 Å². The minimum Gasteiger partial charge on any atom is -0.457 e. The molecule has 4 aromatic rings. The molecule has 0 N–H and O–H groups in total. The Hall–Kier alpha value is -3.29. The topological polar surface area (TPSA) is 70.2 Å². The zero-order valence-corrected chi connectivity index (χ0v) is 13.4. The van der Waals surface area contributed by atoms with Gasteiger partial charge in [0.15, 0.2) is 11.4 Å². The first kappa shape index (κ1) is 16.2. The third kappa shape index (κ3) is 2.90. The molecule has 0 saturated heterocycles. The Balaban J connectivity index is 1.51. The summed E-state index contributed by atoms with van der Waals surface area (Å²) in [6, 6.07) is 13.6. The van der Waals surface area contributed by atoms with Crippen LogP contribution >= 0.6 is 0 Å². The number of hydrogen-bond acceptors (Lipinski definition) is 5. The van der Waals surface area contributed by atoms with Gasteiger partial charge in [-0.05, 0) is 24.3 Å². The number of aromatic nitrogens is 3. The van der Waals surface area contributed by atoms with Gasteiger partial charge in [-0.15, -0.1) is 0 Å². The van der Waals surface area contributed by atoms with Crippen LogP contribution in [0.3, 0.4) is 0 Å². The largest absolute Gasteiger partial charge is 0.457 e. The summed E-state index contributed by atoms with van der Waals surface area (Å²) in [6.45, 7) is -3.14. The van der Waals surface area contributed by atoms with Gasteiger partial charge in [-0.2, -0.15) is 8.78 Å². The fraction of sp³-hybridized carbons (Fsp3) is 0.167. The quantitative estimate of drug-likeness (QED) is 0.507. The van der Waals surface area contributed by atoms with E-state index in [1.165, 1.54) is 0 Å². The summed E-state index contributed by atoms with van der Waals surface area (Å²) in [5, 5.41) is 4.57. The van der Waals surface area contributed by atoms with Gasteiger partial charge in [-0.25, -0.2) is 4.98 Å². The van der Waals surface area contributed by atoms with Gasteiger partial charge in [-0.1, -0.05) is 29.4 Å². The Morgan fingerprint density at radius 1 is 1.15 bits per heavy atom. The monoisotopic (exact) mass is 357 g/mol. The molecule has 0 atom stereocenters. The highest BCUT2D eigenvalue weighted by molar-refractivity contribution is 5.84. The number of carbonyl (C=O) groups is 1.